The van der Waals surface area contributed by atoms with Crippen LogP contribution in [0.2, 0.25) is 0 Å². The van der Waals surface area contributed by atoms with Gasteiger partial charge < -0.3 is 10.6 Å². The summed E-state index contributed by atoms with van der Waals surface area (Å²) < 4.78 is 0. The van der Waals surface area contributed by atoms with Crippen LogP contribution < -0.4 is 10.6 Å². The third-order valence-corrected chi connectivity index (χ3v) is 5.17. The van der Waals surface area contributed by atoms with E-state index >= 15 is 0 Å². The van der Waals surface area contributed by atoms with Crippen LogP contribution in [0.5, 0.6) is 0 Å². The van der Waals surface area contributed by atoms with Crippen LogP contribution >= 0.6 is 0 Å². The zero-order chi connectivity index (χ0) is 14.1. The SMILES string of the molecule is CNc1ccc(C(=O)NCC2CC3CCC2C3)c(C)c1. The molecular weight excluding hydrogens is 248 g/mol. The van der Waals surface area contributed by atoms with E-state index in [2.05, 4.69) is 10.6 Å². The van der Waals surface area contributed by atoms with Crippen molar-refractivity contribution in [3.05, 3.63) is 29.3 Å². The van der Waals surface area contributed by atoms with Gasteiger partial charge in [0.2, 0.25) is 0 Å². The molecule has 20 heavy (non-hydrogen) atoms. The van der Waals surface area contributed by atoms with Crippen molar-refractivity contribution in [2.75, 3.05) is 18.9 Å². The molecule has 3 heteroatoms. The first-order valence-corrected chi connectivity index (χ1v) is 7.74. The van der Waals surface area contributed by atoms with Gasteiger partial charge in [0.25, 0.3) is 5.91 Å². The van der Waals surface area contributed by atoms with Crippen LogP contribution in [-0.4, -0.2) is 19.5 Å². The summed E-state index contributed by atoms with van der Waals surface area (Å²) in [5.74, 6) is 2.61. The second kappa shape index (κ2) is 5.47. The zero-order valence-electron chi connectivity index (χ0n) is 12.4. The number of aryl methyl sites for hydroxylation is 1. The summed E-state index contributed by atoms with van der Waals surface area (Å²) in [6, 6.07) is 5.89. The number of hydrogen-bond acceptors (Lipinski definition) is 2. The number of fused-ring (bicyclic) bond motifs is 2. The second-order valence-corrected chi connectivity index (χ2v) is 6.42. The summed E-state index contributed by atoms with van der Waals surface area (Å²) in [7, 11) is 1.89. The van der Waals surface area contributed by atoms with Gasteiger partial charge in [-0.25, -0.2) is 0 Å². The lowest BCUT2D eigenvalue weighted by molar-refractivity contribution is 0.0941. The fourth-order valence-corrected chi connectivity index (χ4v) is 4.02. The predicted octanol–water partition coefficient (Wildman–Crippen LogP) is 3.20. The Balaban J connectivity index is 1.59. The minimum atomic E-state index is 0.0768. The van der Waals surface area contributed by atoms with Gasteiger partial charge in [-0.05, 0) is 67.7 Å². The van der Waals surface area contributed by atoms with Gasteiger partial charge >= 0.3 is 0 Å². The van der Waals surface area contributed by atoms with Crippen molar-refractivity contribution in [3.63, 3.8) is 0 Å². The van der Waals surface area contributed by atoms with Crippen molar-refractivity contribution in [2.45, 2.75) is 32.6 Å². The average molecular weight is 272 g/mol. The maximum absolute atomic E-state index is 12.3. The third kappa shape index (κ3) is 2.54. The van der Waals surface area contributed by atoms with E-state index < -0.39 is 0 Å². The van der Waals surface area contributed by atoms with Gasteiger partial charge in [-0.1, -0.05) is 6.42 Å². The van der Waals surface area contributed by atoms with Crippen molar-refractivity contribution in [1.29, 1.82) is 0 Å². The highest BCUT2D eigenvalue weighted by molar-refractivity contribution is 5.96. The Labute approximate surface area is 121 Å². The fraction of sp³-hybridized carbons (Fsp3) is 0.588. The Morgan fingerprint density at radius 2 is 2.15 bits per heavy atom. The standard InChI is InChI=1S/C17H24N2O/c1-11-7-15(18-2)5-6-16(11)17(20)19-10-14-9-12-3-4-13(14)8-12/h5-7,12-14,18H,3-4,8-10H2,1-2H3,(H,19,20). The second-order valence-electron chi connectivity index (χ2n) is 6.42. The molecule has 0 spiro atoms. The van der Waals surface area contributed by atoms with Gasteiger partial charge in [0.15, 0.2) is 0 Å². The van der Waals surface area contributed by atoms with Crippen molar-refractivity contribution in [2.24, 2.45) is 17.8 Å². The molecule has 108 valence electrons. The molecule has 3 unspecified atom stereocenters. The number of carbonyl (C=O) groups is 1. The fourth-order valence-electron chi connectivity index (χ4n) is 4.02. The lowest BCUT2D eigenvalue weighted by Gasteiger charge is -2.22. The lowest BCUT2D eigenvalue weighted by atomic mass is 9.89. The summed E-state index contributed by atoms with van der Waals surface area (Å²) in [4.78, 5) is 12.3. The molecule has 3 nitrogen and oxygen atoms in total. The highest BCUT2D eigenvalue weighted by Gasteiger charge is 2.39. The molecule has 0 radical (unpaired) electrons. The maximum atomic E-state index is 12.3. The summed E-state index contributed by atoms with van der Waals surface area (Å²) in [6.07, 6.45) is 5.51. The summed E-state index contributed by atoms with van der Waals surface area (Å²) in [6.45, 7) is 2.85. The van der Waals surface area contributed by atoms with E-state index in [1.807, 2.05) is 32.2 Å². The van der Waals surface area contributed by atoms with Crippen LogP contribution in [0, 0.1) is 24.7 Å². The van der Waals surface area contributed by atoms with Gasteiger partial charge in [0.1, 0.15) is 0 Å². The van der Waals surface area contributed by atoms with Crippen LogP contribution in [0.15, 0.2) is 18.2 Å². The third-order valence-electron chi connectivity index (χ3n) is 5.17. The minimum absolute atomic E-state index is 0.0768. The summed E-state index contributed by atoms with van der Waals surface area (Å²) >= 11 is 0. The van der Waals surface area contributed by atoms with Gasteiger partial charge in [-0.15, -0.1) is 0 Å². The Kier molecular flexibility index (Phi) is 3.68. The number of anilines is 1. The molecular formula is C17H24N2O. The van der Waals surface area contributed by atoms with E-state index in [4.69, 9.17) is 0 Å². The van der Waals surface area contributed by atoms with Crippen LogP contribution in [0.3, 0.4) is 0 Å². The molecule has 1 amide bonds. The van der Waals surface area contributed by atoms with Crippen molar-refractivity contribution >= 4 is 11.6 Å². The lowest BCUT2D eigenvalue weighted by Crippen LogP contribution is -2.31. The molecule has 3 rings (SSSR count). The number of carbonyl (C=O) groups excluding carboxylic acids is 1. The molecule has 2 saturated carbocycles. The van der Waals surface area contributed by atoms with E-state index in [1.165, 1.54) is 25.7 Å². The highest BCUT2D eigenvalue weighted by atomic mass is 16.1. The van der Waals surface area contributed by atoms with Crippen molar-refractivity contribution in [1.82, 2.24) is 5.32 Å². The Morgan fingerprint density at radius 3 is 2.75 bits per heavy atom. The number of nitrogens with one attached hydrogen (secondary N) is 2. The molecule has 3 atom stereocenters. The van der Waals surface area contributed by atoms with Crippen LogP contribution in [0.1, 0.15) is 41.6 Å². The molecule has 0 aliphatic heterocycles. The molecule has 2 aliphatic rings. The number of hydrogen-bond donors (Lipinski definition) is 2. The van der Waals surface area contributed by atoms with Crippen molar-refractivity contribution < 1.29 is 4.79 Å². The van der Waals surface area contributed by atoms with Crippen LogP contribution in [0.25, 0.3) is 0 Å². The maximum Gasteiger partial charge on any atom is 0.251 e. The molecule has 1 aromatic carbocycles. The number of amides is 1. The molecule has 2 aliphatic carbocycles. The summed E-state index contributed by atoms with van der Waals surface area (Å²) in [5, 5.41) is 6.24. The Morgan fingerprint density at radius 1 is 1.30 bits per heavy atom. The van der Waals surface area contributed by atoms with E-state index in [0.717, 1.165) is 41.1 Å². The molecule has 0 heterocycles. The van der Waals surface area contributed by atoms with Crippen LogP contribution in [-0.2, 0) is 0 Å². The first-order chi connectivity index (χ1) is 9.67. The van der Waals surface area contributed by atoms with Crippen LogP contribution in [0.4, 0.5) is 5.69 Å². The molecule has 2 fully saturated rings. The van der Waals surface area contributed by atoms with Gasteiger partial charge in [0.05, 0.1) is 0 Å². The first-order valence-electron chi connectivity index (χ1n) is 7.74. The van der Waals surface area contributed by atoms with E-state index in [0.29, 0.717) is 0 Å². The van der Waals surface area contributed by atoms with E-state index in [9.17, 15) is 4.79 Å². The number of benzene rings is 1. The average Bonchev–Trinajstić information content (AvgIpc) is 3.07. The highest BCUT2D eigenvalue weighted by Crippen LogP contribution is 2.47. The molecule has 2 bridgehead atoms. The minimum Gasteiger partial charge on any atom is -0.388 e. The van der Waals surface area contributed by atoms with Gasteiger partial charge in [-0.3, -0.25) is 4.79 Å². The smallest absolute Gasteiger partial charge is 0.251 e. The Hall–Kier alpha value is -1.51. The quantitative estimate of drug-likeness (QED) is 0.883. The largest absolute Gasteiger partial charge is 0.388 e. The topological polar surface area (TPSA) is 41.1 Å². The molecule has 2 N–H and O–H groups in total. The summed E-state index contributed by atoms with van der Waals surface area (Å²) in [5.41, 5.74) is 2.88. The van der Waals surface area contributed by atoms with Gasteiger partial charge in [-0.2, -0.15) is 0 Å². The molecule has 0 aromatic heterocycles. The van der Waals surface area contributed by atoms with E-state index in [-0.39, 0.29) is 5.91 Å². The monoisotopic (exact) mass is 272 g/mol. The first kappa shape index (κ1) is 13.5. The molecule has 1 aromatic rings. The van der Waals surface area contributed by atoms with E-state index in [1.54, 1.807) is 0 Å². The number of rotatable bonds is 4. The zero-order valence-corrected chi connectivity index (χ0v) is 12.4. The predicted molar refractivity (Wildman–Crippen MR) is 82.0 cm³/mol. The van der Waals surface area contributed by atoms with Gasteiger partial charge in [0, 0.05) is 24.8 Å². The normalized spacial score (nSPS) is 27.6. The van der Waals surface area contributed by atoms with Crippen molar-refractivity contribution in [3.8, 4) is 0 Å². The molecule has 0 saturated heterocycles. The Bertz CT molecular complexity index is 512.